The summed E-state index contributed by atoms with van der Waals surface area (Å²) in [6.07, 6.45) is 0. The van der Waals surface area contributed by atoms with Crippen molar-refractivity contribution in [1.29, 1.82) is 0 Å². The fourth-order valence-corrected chi connectivity index (χ4v) is 2.97. The van der Waals surface area contributed by atoms with Crippen LogP contribution in [0.2, 0.25) is 0 Å². The highest BCUT2D eigenvalue weighted by Crippen LogP contribution is 2.32. The Balaban J connectivity index is 2.74. The molecule has 1 aromatic rings. The molecule has 0 aliphatic rings. The normalized spacial score (nSPS) is 13.5. The maximum atomic E-state index is 3.54. The second-order valence-corrected chi connectivity index (χ2v) is 6.01. The zero-order valence-corrected chi connectivity index (χ0v) is 10.6. The van der Waals surface area contributed by atoms with Gasteiger partial charge in [0.1, 0.15) is 0 Å². The molecule has 0 bridgehead atoms. The number of halogens is 3. The molecule has 1 rings (SSSR count). The molecule has 0 nitrogen and oxygen atoms in total. The van der Waals surface area contributed by atoms with Crippen LogP contribution in [0.15, 0.2) is 15.9 Å². The van der Waals surface area contributed by atoms with E-state index in [9.17, 15) is 0 Å². The predicted molar refractivity (Wildman–Crippen MR) is 57.5 cm³/mol. The molecular formula is C6H5Br3S. The Kier molecular flexibility index (Phi) is 3.91. The topological polar surface area (TPSA) is 0 Å². The lowest BCUT2D eigenvalue weighted by molar-refractivity contribution is 1.20. The lowest BCUT2D eigenvalue weighted by Gasteiger charge is -1.99. The summed E-state index contributed by atoms with van der Waals surface area (Å²) >= 11 is 12.1. The molecule has 4 heteroatoms. The minimum atomic E-state index is 0.448. The van der Waals surface area contributed by atoms with E-state index in [1.807, 2.05) is 0 Å². The number of thiophene rings is 1. The van der Waals surface area contributed by atoms with E-state index in [1.165, 1.54) is 8.66 Å². The average Bonchev–Trinajstić information content (AvgIpc) is 2.34. The van der Waals surface area contributed by atoms with Gasteiger partial charge in [-0.1, -0.05) is 31.9 Å². The summed E-state index contributed by atoms with van der Waals surface area (Å²) in [4.78, 5) is 1.80. The Morgan fingerprint density at radius 2 is 2.20 bits per heavy atom. The largest absolute Gasteiger partial charge is 0.132 e. The standard InChI is InChI=1S/C6H5Br3S/c7-3-4(8)5-1-2-6(9)10-5/h1-2,4H,3H2. The Labute approximate surface area is 89.4 Å². The molecule has 0 saturated carbocycles. The van der Waals surface area contributed by atoms with Gasteiger partial charge in [0.05, 0.1) is 8.61 Å². The first-order valence-electron chi connectivity index (χ1n) is 2.69. The zero-order chi connectivity index (χ0) is 7.56. The summed E-state index contributed by atoms with van der Waals surface area (Å²) < 4.78 is 1.19. The molecule has 10 heavy (non-hydrogen) atoms. The van der Waals surface area contributed by atoms with Crippen LogP contribution in [0.4, 0.5) is 0 Å². The van der Waals surface area contributed by atoms with E-state index >= 15 is 0 Å². The van der Waals surface area contributed by atoms with Gasteiger partial charge in [0.2, 0.25) is 0 Å². The van der Waals surface area contributed by atoms with E-state index < -0.39 is 0 Å². The van der Waals surface area contributed by atoms with Gasteiger partial charge in [-0.3, -0.25) is 0 Å². The molecule has 0 aliphatic carbocycles. The Bertz CT molecular complexity index is 209. The molecule has 1 unspecified atom stereocenters. The molecule has 0 amide bonds. The number of rotatable bonds is 2. The molecule has 1 atom stereocenters. The Morgan fingerprint density at radius 3 is 2.60 bits per heavy atom. The third-order valence-corrected chi connectivity index (χ3v) is 5.41. The summed E-state index contributed by atoms with van der Waals surface area (Å²) in [6, 6.07) is 4.19. The monoisotopic (exact) mass is 346 g/mol. The van der Waals surface area contributed by atoms with Gasteiger partial charge in [0.15, 0.2) is 0 Å². The van der Waals surface area contributed by atoms with Crippen LogP contribution in [0.3, 0.4) is 0 Å². The molecule has 0 saturated heterocycles. The van der Waals surface area contributed by atoms with Crippen molar-refractivity contribution >= 4 is 59.1 Å². The molecule has 0 radical (unpaired) electrons. The van der Waals surface area contributed by atoms with Crippen LogP contribution in [-0.2, 0) is 0 Å². The minimum absolute atomic E-state index is 0.448. The lowest BCUT2D eigenvalue weighted by atomic mass is 10.4. The van der Waals surface area contributed by atoms with Gasteiger partial charge in [-0.15, -0.1) is 11.3 Å². The van der Waals surface area contributed by atoms with Crippen molar-refractivity contribution in [3.05, 3.63) is 20.8 Å². The number of hydrogen-bond acceptors (Lipinski definition) is 1. The van der Waals surface area contributed by atoms with Crippen LogP contribution in [0.1, 0.15) is 9.70 Å². The fourth-order valence-electron chi connectivity index (χ4n) is 0.573. The van der Waals surface area contributed by atoms with E-state index in [1.54, 1.807) is 11.3 Å². The number of alkyl halides is 2. The molecular weight excluding hydrogens is 344 g/mol. The van der Waals surface area contributed by atoms with E-state index in [4.69, 9.17) is 0 Å². The fraction of sp³-hybridized carbons (Fsp3) is 0.333. The third kappa shape index (κ3) is 2.32. The highest BCUT2D eigenvalue weighted by atomic mass is 79.9. The highest BCUT2D eigenvalue weighted by Gasteiger charge is 2.06. The van der Waals surface area contributed by atoms with E-state index in [0.717, 1.165) is 5.33 Å². The lowest BCUT2D eigenvalue weighted by Crippen LogP contribution is -1.83. The van der Waals surface area contributed by atoms with Crippen molar-refractivity contribution < 1.29 is 0 Å². The van der Waals surface area contributed by atoms with Gasteiger partial charge in [-0.25, -0.2) is 0 Å². The summed E-state index contributed by atoms with van der Waals surface area (Å²) in [5.41, 5.74) is 0. The van der Waals surface area contributed by atoms with Gasteiger partial charge in [0.25, 0.3) is 0 Å². The Morgan fingerprint density at radius 1 is 1.50 bits per heavy atom. The first kappa shape index (κ1) is 9.23. The predicted octanol–water partition coefficient (Wildman–Crippen LogP) is 4.34. The van der Waals surface area contributed by atoms with E-state index in [-0.39, 0.29) is 0 Å². The van der Waals surface area contributed by atoms with Gasteiger partial charge >= 0.3 is 0 Å². The van der Waals surface area contributed by atoms with Crippen LogP contribution < -0.4 is 0 Å². The number of hydrogen-bond donors (Lipinski definition) is 0. The molecule has 0 aliphatic heterocycles. The summed E-state index contributed by atoms with van der Waals surface area (Å²) in [5.74, 6) is 0. The molecule has 1 heterocycles. The Hall–Kier alpha value is 1.14. The first-order chi connectivity index (χ1) is 4.74. The van der Waals surface area contributed by atoms with Crippen molar-refractivity contribution in [2.45, 2.75) is 4.83 Å². The molecule has 0 fully saturated rings. The second-order valence-electron chi connectivity index (χ2n) is 1.76. The highest BCUT2D eigenvalue weighted by molar-refractivity contribution is 9.12. The summed E-state index contributed by atoms with van der Waals surface area (Å²) in [6.45, 7) is 0. The molecule has 1 aromatic heterocycles. The van der Waals surface area contributed by atoms with Gasteiger partial charge < -0.3 is 0 Å². The molecule has 0 N–H and O–H groups in total. The van der Waals surface area contributed by atoms with E-state index in [0.29, 0.717) is 4.83 Å². The van der Waals surface area contributed by atoms with Crippen molar-refractivity contribution in [2.75, 3.05) is 5.33 Å². The quantitative estimate of drug-likeness (QED) is 0.697. The van der Waals surface area contributed by atoms with Gasteiger partial charge in [-0.2, -0.15) is 0 Å². The van der Waals surface area contributed by atoms with Crippen molar-refractivity contribution in [2.24, 2.45) is 0 Å². The van der Waals surface area contributed by atoms with Crippen molar-refractivity contribution in [3.63, 3.8) is 0 Å². The molecule has 56 valence electrons. The zero-order valence-electron chi connectivity index (χ0n) is 4.98. The maximum Gasteiger partial charge on any atom is 0.0701 e. The van der Waals surface area contributed by atoms with Crippen LogP contribution >= 0.6 is 59.1 Å². The van der Waals surface area contributed by atoms with E-state index in [2.05, 4.69) is 59.9 Å². The average molecular weight is 349 g/mol. The third-order valence-electron chi connectivity index (χ3n) is 1.04. The van der Waals surface area contributed by atoms with Gasteiger partial charge in [0, 0.05) is 10.2 Å². The molecule has 0 aromatic carbocycles. The summed E-state index contributed by atoms with van der Waals surface area (Å²) in [5, 5.41) is 0.958. The van der Waals surface area contributed by atoms with Crippen LogP contribution in [-0.4, -0.2) is 5.33 Å². The second kappa shape index (κ2) is 4.24. The van der Waals surface area contributed by atoms with Crippen molar-refractivity contribution in [3.8, 4) is 0 Å². The minimum Gasteiger partial charge on any atom is -0.132 e. The SMILES string of the molecule is BrCC(Br)c1ccc(Br)s1. The first-order valence-corrected chi connectivity index (χ1v) is 6.34. The van der Waals surface area contributed by atoms with Crippen LogP contribution in [0.5, 0.6) is 0 Å². The summed E-state index contributed by atoms with van der Waals surface area (Å²) in [7, 11) is 0. The van der Waals surface area contributed by atoms with Crippen LogP contribution in [0, 0.1) is 0 Å². The molecule has 0 spiro atoms. The smallest absolute Gasteiger partial charge is 0.0701 e. The van der Waals surface area contributed by atoms with Gasteiger partial charge in [-0.05, 0) is 28.1 Å². The van der Waals surface area contributed by atoms with Crippen LogP contribution in [0.25, 0.3) is 0 Å². The maximum absolute atomic E-state index is 3.54. The van der Waals surface area contributed by atoms with Crippen molar-refractivity contribution in [1.82, 2.24) is 0 Å².